The Morgan fingerprint density at radius 3 is 2.61 bits per heavy atom. The molecule has 0 N–H and O–H groups in total. The van der Waals surface area contributed by atoms with Gasteiger partial charge in [-0.1, -0.05) is 0 Å². The Kier molecular flexibility index (Phi) is 3.13. The lowest BCUT2D eigenvalue weighted by Gasteiger charge is -2.20. The number of Topliss-reactive ketones (excluding diaryl/α,β-unsaturated/α-hetero) is 1. The fourth-order valence-electron chi connectivity index (χ4n) is 1.86. The van der Waals surface area contributed by atoms with Gasteiger partial charge in [-0.25, -0.2) is 8.78 Å². The Morgan fingerprint density at radius 1 is 1.33 bits per heavy atom. The number of anilines is 1. The molecule has 0 spiro atoms. The predicted octanol–water partition coefficient (Wildman–Crippen LogP) is 1.53. The predicted molar refractivity (Wildman–Crippen MR) is 59.5 cm³/mol. The number of amides is 1. The minimum atomic E-state index is -0.924. The van der Waals surface area contributed by atoms with Crippen LogP contribution in [0.3, 0.4) is 0 Å². The van der Waals surface area contributed by atoms with Crippen LogP contribution in [0.4, 0.5) is 14.5 Å². The second kappa shape index (κ2) is 4.45. The number of hydrogen-bond acceptors (Lipinski definition) is 3. The summed E-state index contributed by atoms with van der Waals surface area (Å²) in [7, 11) is 1.44. The maximum Gasteiger partial charge on any atom is 0.299 e. The van der Waals surface area contributed by atoms with Gasteiger partial charge in [0.2, 0.25) is 0 Å². The van der Waals surface area contributed by atoms with Crippen molar-refractivity contribution in [2.24, 2.45) is 0 Å². The molecule has 0 saturated carbocycles. The molecule has 1 aliphatic heterocycles. The first kappa shape index (κ1) is 12.6. The number of methoxy groups -OCH3 is 1. The van der Waals surface area contributed by atoms with Crippen LogP contribution in [0.15, 0.2) is 12.1 Å². The highest BCUT2D eigenvalue weighted by molar-refractivity contribution is 6.52. The third kappa shape index (κ3) is 1.88. The quantitative estimate of drug-likeness (QED) is 0.769. The van der Waals surface area contributed by atoms with Crippen molar-refractivity contribution >= 4 is 17.4 Å². The van der Waals surface area contributed by atoms with Crippen molar-refractivity contribution in [1.82, 2.24) is 0 Å². The van der Waals surface area contributed by atoms with Gasteiger partial charge in [-0.15, -0.1) is 0 Å². The summed E-state index contributed by atoms with van der Waals surface area (Å²) in [5, 5.41) is 0. The van der Waals surface area contributed by atoms with Crippen LogP contribution in [0.2, 0.25) is 0 Å². The number of hydrogen-bond donors (Lipinski definition) is 0. The van der Waals surface area contributed by atoms with E-state index in [2.05, 4.69) is 0 Å². The molecule has 1 aromatic rings. The molecular formula is C12H11F2NO3. The van der Waals surface area contributed by atoms with Gasteiger partial charge in [-0.2, -0.15) is 0 Å². The molecule has 1 unspecified atom stereocenters. The Labute approximate surface area is 102 Å². The van der Waals surface area contributed by atoms with Gasteiger partial charge in [0.25, 0.3) is 11.7 Å². The molecule has 1 amide bonds. The summed E-state index contributed by atoms with van der Waals surface area (Å²) in [6, 6.07) is 1.52. The zero-order chi connectivity index (χ0) is 13.4. The molecule has 1 aliphatic rings. The second-order valence-corrected chi connectivity index (χ2v) is 4.07. The summed E-state index contributed by atoms with van der Waals surface area (Å²) in [5.74, 6) is -3.56. The summed E-state index contributed by atoms with van der Waals surface area (Å²) in [5.41, 5.74) is -0.406. The molecule has 0 aliphatic carbocycles. The van der Waals surface area contributed by atoms with Crippen LogP contribution in [0.25, 0.3) is 0 Å². The third-order valence-corrected chi connectivity index (χ3v) is 2.82. The maximum atomic E-state index is 13.7. The minimum Gasteiger partial charge on any atom is -0.380 e. The molecule has 1 heterocycles. The number of carbonyl (C=O) groups excluding carboxylic acids is 2. The summed E-state index contributed by atoms with van der Waals surface area (Å²) in [6.07, 6.45) is -0.364. The lowest BCUT2D eigenvalue weighted by Crippen LogP contribution is -2.36. The first-order valence-corrected chi connectivity index (χ1v) is 5.33. The van der Waals surface area contributed by atoms with Gasteiger partial charge in [0.1, 0.15) is 5.82 Å². The molecular weight excluding hydrogens is 244 g/mol. The van der Waals surface area contributed by atoms with Crippen LogP contribution >= 0.6 is 0 Å². The van der Waals surface area contributed by atoms with E-state index >= 15 is 0 Å². The Bertz CT molecular complexity index is 530. The summed E-state index contributed by atoms with van der Waals surface area (Å²) in [4.78, 5) is 24.3. The van der Waals surface area contributed by atoms with Crippen LogP contribution in [0, 0.1) is 11.6 Å². The van der Waals surface area contributed by atoms with Gasteiger partial charge >= 0.3 is 0 Å². The number of halogens is 2. The molecule has 4 nitrogen and oxygen atoms in total. The van der Waals surface area contributed by atoms with Crippen LogP contribution < -0.4 is 4.90 Å². The number of rotatable bonds is 3. The molecule has 0 fully saturated rings. The van der Waals surface area contributed by atoms with Gasteiger partial charge in [-0.3, -0.25) is 14.5 Å². The number of benzene rings is 1. The molecule has 0 saturated heterocycles. The van der Waals surface area contributed by atoms with Crippen molar-refractivity contribution in [2.45, 2.75) is 13.0 Å². The van der Waals surface area contributed by atoms with Gasteiger partial charge in [0.05, 0.1) is 23.9 Å². The van der Waals surface area contributed by atoms with E-state index in [9.17, 15) is 18.4 Å². The third-order valence-electron chi connectivity index (χ3n) is 2.82. The van der Waals surface area contributed by atoms with Crippen LogP contribution in [0.5, 0.6) is 0 Å². The highest BCUT2D eigenvalue weighted by Gasteiger charge is 2.39. The van der Waals surface area contributed by atoms with E-state index in [1.54, 1.807) is 6.92 Å². The zero-order valence-electron chi connectivity index (χ0n) is 9.87. The zero-order valence-corrected chi connectivity index (χ0v) is 9.87. The molecule has 0 aromatic heterocycles. The standard InChI is InChI=1S/C12H11F2NO3/c1-6(18-2)5-15-10-8(11(16)12(15)17)3-7(13)4-9(10)14/h3-4,6H,5H2,1-2H3. The first-order chi connectivity index (χ1) is 8.45. The number of nitrogens with zero attached hydrogens (tertiary/aromatic N) is 1. The monoisotopic (exact) mass is 255 g/mol. The number of ketones is 1. The lowest BCUT2D eigenvalue weighted by molar-refractivity contribution is -0.114. The topological polar surface area (TPSA) is 46.6 Å². The Morgan fingerprint density at radius 2 is 2.00 bits per heavy atom. The van der Waals surface area contributed by atoms with Crippen LogP contribution in [-0.2, 0) is 9.53 Å². The van der Waals surface area contributed by atoms with Crippen molar-refractivity contribution in [1.29, 1.82) is 0 Å². The smallest absolute Gasteiger partial charge is 0.299 e. The molecule has 2 rings (SSSR count). The molecule has 18 heavy (non-hydrogen) atoms. The van der Waals surface area contributed by atoms with Crippen LogP contribution in [0.1, 0.15) is 17.3 Å². The molecule has 1 aromatic carbocycles. The maximum absolute atomic E-state index is 13.7. The lowest BCUT2D eigenvalue weighted by atomic mass is 10.1. The van der Waals surface area contributed by atoms with Gasteiger partial charge in [-0.05, 0) is 13.0 Å². The fraction of sp³-hybridized carbons (Fsp3) is 0.333. The van der Waals surface area contributed by atoms with Crippen LogP contribution in [-0.4, -0.2) is 31.4 Å². The highest BCUT2D eigenvalue weighted by Crippen LogP contribution is 2.32. The molecule has 0 bridgehead atoms. The molecule has 1 atom stereocenters. The largest absolute Gasteiger partial charge is 0.380 e. The highest BCUT2D eigenvalue weighted by atomic mass is 19.1. The van der Waals surface area contributed by atoms with Crippen molar-refractivity contribution in [3.8, 4) is 0 Å². The Hall–Kier alpha value is -1.82. The van der Waals surface area contributed by atoms with Gasteiger partial charge < -0.3 is 4.74 Å². The summed E-state index contributed by atoms with van der Waals surface area (Å²) in [6.45, 7) is 1.72. The summed E-state index contributed by atoms with van der Waals surface area (Å²) < 4.78 is 31.7. The number of fused-ring (bicyclic) bond motifs is 1. The van der Waals surface area contributed by atoms with E-state index in [0.717, 1.165) is 11.0 Å². The Balaban J connectivity index is 2.48. The molecule has 96 valence electrons. The van der Waals surface area contributed by atoms with Crippen molar-refractivity contribution in [2.75, 3.05) is 18.6 Å². The van der Waals surface area contributed by atoms with Crippen molar-refractivity contribution in [3.63, 3.8) is 0 Å². The van der Waals surface area contributed by atoms with E-state index in [1.807, 2.05) is 0 Å². The number of carbonyl (C=O) groups is 2. The molecule has 0 radical (unpaired) electrons. The number of ether oxygens (including phenoxy) is 1. The van der Waals surface area contributed by atoms with Crippen molar-refractivity contribution in [3.05, 3.63) is 29.3 Å². The fourth-order valence-corrected chi connectivity index (χ4v) is 1.86. The van der Waals surface area contributed by atoms with E-state index in [1.165, 1.54) is 7.11 Å². The van der Waals surface area contributed by atoms with Crippen molar-refractivity contribution < 1.29 is 23.1 Å². The average Bonchev–Trinajstić information content (AvgIpc) is 2.54. The molecule has 6 heteroatoms. The minimum absolute atomic E-state index is 0.0383. The summed E-state index contributed by atoms with van der Waals surface area (Å²) >= 11 is 0. The normalized spacial score (nSPS) is 16.1. The van der Waals surface area contributed by atoms with E-state index in [4.69, 9.17) is 4.74 Å². The van der Waals surface area contributed by atoms with E-state index < -0.39 is 23.3 Å². The van der Waals surface area contributed by atoms with E-state index in [-0.39, 0.29) is 23.9 Å². The van der Waals surface area contributed by atoms with E-state index in [0.29, 0.717) is 6.07 Å². The first-order valence-electron chi connectivity index (χ1n) is 5.33. The SMILES string of the molecule is COC(C)CN1C(=O)C(=O)c2cc(F)cc(F)c21. The second-order valence-electron chi connectivity index (χ2n) is 4.07. The van der Waals surface area contributed by atoms with Gasteiger partial charge in [0, 0.05) is 13.2 Å². The van der Waals surface area contributed by atoms with Gasteiger partial charge in [0.15, 0.2) is 5.82 Å². The average molecular weight is 255 g/mol.